The van der Waals surface area contributed by atoms with Crippen LogP contribution < -0.4 is 0 Å². The van der Waals surface area contributed by atoms with Crippen molar-refractivity contribution in [3.8, 4) is 0 Å². The van der Waals surface area contributed by atoms with Gasteiger partial charge in [0.2, 0.25) is 0 Å². The lowest BCUT2D eigenvalue weighted by atomic mass is 9.54. The summed E-state index contributed by atoms with van der Waals surface area (Å²) in [5, 5.41) is 0. The molecule has 0 amide bonds. The van der Waals surface area contributed by atoms with Crippen LogP contribution in [0.15, 0.2) is 0 Å². The minimum Gasteiger partial charge on any atom is -0.347 e. The summed E-state index contributed by atoms with van der Waals surface area (Å²) < 4.78 is 12.3. The minimum absolute atomic E-state index is 0.232. The molecular formula is C15H26O2. The molecule has 3 atom stereocenters. The normalized spacial score (nSPS) is 48.5. The average molecular weight is 238 g/mol. The predicted molar refractivity (Wildman–Crippen MR) is 67.7 cm³/mol. The lowest BCUT2D eigenvalue weighted by Gasteiger charge is -2.56. The first kappa shape index (κ1) is 12.0. The van der Waals surface area contributed by atoms with Crippen molar-refractivity contribution < 1.29 is 9.47 Å². The van der Waals surface area contributed by atoms with Crippen molar-refractivity contribution in [1.82, 2.24) is 0 Å². The summed E-state index contributed by atoms with van der Waals surface area (Å²) in [6.45, 7) is 8.87. The highest BCUT2D eigenvalue weighted by Gasteiger charge is 2.67. The van der Waals surface area contributed by atoms with Gasteiger partial charge in [-0.3, -0.25) is 0 Å². The third-order valence-electron chi connectivity index (χ3n) is 6.44. The molecule has 0 bridgehead atoms. The van der Waals surface area contributed by atoms with E-state index in [1.807, 2.05) is 0 Å². The Hall–Kier alpha value is -0.0800. The van der Waals surface area contributed by atoms with Gasteiger partial charge in [0.05, 0.1) is 13.2 Å². The second kappa shape index (κ2) is 3.71. The molecule has 0 aromatic rings. The molecule has 0 N–H and O–H groups in total. The Balaban J connectivity index is 2.01. The van der Waals surface area contributed by atoms with Crippen LogP contribution in [0.3, 0.4) is 0 Å². The smallest absolute Gasteiger partial charge is 0.174 e. The van der Waals surface area contributed by atoms with Gasteiger partial charge in [0.1, 0.15) is 0 Å². The van der Waals surface area contributed by atoms with E-state index in [-0.39, 0.29) is 11.2 Å². The fraction of sp³-hybridized carbons (Fsp3) is 1.00. The van der Waals surface area contributed by atoms with E-state index in [4.69, 9.17) is 9.47 Å². The van der Waals surface area contributed by atoms with Gasteiger partial charge in [0.15, 0.2) is 5.79 Å². The van der Waals surface area contributed by atoms with Gasteiger partial charge in [-0.25, -0.2) is 0 Å². The zero-order valence-corrected chi connectivity index (χ0v) is 11.6. The Morgan fingerprint density at radius 2 is 1.76 bits per heavy atom. The summed E-state index contributed by atoms with van der Waals surface area (Å²) in [4.78, 5) is 0. The van der Waals surface area contributed by atoms with Gasteiger partial charge in [-0.05, 0) is 37.0 Å². The summed E-state index contributed by atoms with van der Waals surface area (Å²) in [5.41, 5.74) is 0.653. The summed E-state index contributed by atoms with van der Waals surface area (Å²) in [6, 6.07) is 0. The molecule has 1 aliphatic heterocycles. The third-order valence-corrected chi connectivity index (χ3v) is 6.44. The Bertz CT molecular complexity index is 308. The number of ether oxygens (including phenoxy) is 2. The van der Waals surface area contributed by atoms with E-state index < -0.39 is 0 Å². The fourth-order valence-electron chi connectivity index (χ4n) is 5.16. The molecule has 3 rings (SSSR count). The van der Waals surface area contributed by atoms with Crippen LogP contribution in [0.2, 0.25) is 0 Å². The molecule has 98 valence electrons. The van der Waals surface area contributed by atoms with Gasteiger partial charge in [-0.1, -0.05) is 27.2 Å². The highest BCUT2D eigenvalue weighted by atomic mass is 16.7. The van der Waals surface area contributed by atoms with Crippen molar-refractivity contribution in [2.75, 3.05) is 13.2 Å². The van der Waals surface area contributed by atoms with E-state index in [2.05, 4.69) is 20.8 Å². The molecule has 1 spiro atoms. The lowest BCUT2D eigenvalue weighted by molar-refractivity contribution is -0.284. The van der Waals surface area contributed by atoms with Crippen LogP contribution in [0.5, 0.6) is 0 Å². The summed E-state index contributed by atoms with van der Waals surface area (Å²) >= 11 is 0. The number of fused-ring (bicyclic) bond motifs is 2. The second-order valence-corrected chi connectivity index (χ2v) is 6.70. The second-order valence-electron chi connectivity index (χ2n) is 6.70. The third kappa shape index (κ3) is 1.29. The topological polar surface area (TPSA) is 18.5 Å². The lowest BCUT2D eigenvalue weighted by Crippen LogP contribution is -2.57. The van der Waals surface area contributed by atoms with Crippen LogP contribution in [0.25, 0.3) is 0 Å². The molecule has 2 aliphatic carbocycles. The Labute approximate surface area is 105 Å². The maximum Gasteiger partial charge on any atom is 0.174 e. The molecule has 0 radical (unpaired) electrons. The average Bonchev–Trinajstić information content (AvgIpc) is 2.86. The molecule has 3 fully saturated rings. The highest BCUT2D eigenvalue weighted by Crippen LogP contribution is 2.68. The Morgan fingerprint density at radius 3 is 2.41 bits per heavy atom. The van der Waals surface area contributed by atoms with E-state index in [9.17, 15) is 0 Å². The molecular weight excluding hydrogens is 212 g/mol. The van der Waals surface area contributed by atoms with Gasteiger partial charge >= 0.3 is 0 Å². The van der Waals surface area contributed by atoms with E-state index in [1.165, 1.54) is 32.1 Å². The Morgan fingerprint density at radius 1 is 1.06 bits per heavy atom. The van der Waals surface area contributed by atoms with Gasteiger partial charge in [0.25, 0.3) is 0 Å². The molecule has 2 saturated carbocycles. The molecule has 1 heterocycles. The molecule has 2 nitrogen and oxygen atoms in total. The van der Waals surface area contributed by atoms with Crippen LogP contribution in [0.4, 0.5) is 0 Å². The monoisotopic (exact) mass is 238 g/mol. The van der Waals surface area contributed by atoms with Gasteiger partial charge in [-0.2, -0.15) is 0 Å². The maximum atomic E-state index is 6.13. The molecule has 17 heavy (non-hydrogen) atoms. The van der Waals surface area contributed by atoms with Crippen molar-refractivity contribution in [2.24, 2.45) is 16.7 Å². The van der Waals surface area contributed by atoms with Gasteiger partial charge < -0.3 is 9.47 Å². The number of rotatable bonds is 1. The summed E-state index contributed by atoms with van der Waals surface area (Å²) in [7, 11) is 0. The molecule has 0 aromatic carbocycles. The fourth-order valence-corrected chi connectivity index (χ4v) is 5.16. The first-order chi connectivity index (χ1) is 8.08. The largest absolute Gasteiger partial charge is 0.347 e. The Kier molecular flexibility index (Phi) is 2.61. The SMILES string of the molecule is CC[C@H]1CC[C@@]2(C)C3(CCC[C@]12C)OCCO3. The van der Waals surface area contributed by atoms with Crippen LogP contribution in [0, 0.1) is 16.7 Å². The molecule has 0 aromatic heterocycles. The number of hydrogen-bond acceptors (Lipinski definition) is 2. The zero-order valence-electron chi connectivity index (χ0n) is 11.6. The molecule has 3 aliphatic rings. The number of hydrogen-bond donors (Lipinski definition) is 0. The van der Waals surface area contributed by atoms with E-state index >= 15 is 0 Å². The van der Waals surface area contributed by atoms with Crippen LogP contribution in [0.1, 0.15) is 59.3 Å². The summed E-state index contributed by atoms with van der Waals surface area (Å²) in [5.74, 6) is 0.613. The molecule has 2 heteroatoms. The minimum atomic E-state index is -0.246. The quantitative estimate of drug-likeness (QED) is 0.692. The molecule has 0 unspecified atom stereocenters. The van der Waals surface area contributed by atoms with Crippen molar-refractivity contribution in [3.63, 3.8) is 0 Å². The van der Waals surface area contributed by atoms with E-state index in [0.29, 0.717) is 5.41 Å². The van der Waals surface area contributed by atoms with Crippen LogP contribution in [-0.4, -0.2) is 19.0 Å². The summed E-state index contributed by atoms with van der Waals surface area (Å²) in [6.07, 6.45) is 7.68. The van der Waals surface area contributed by atoms with Crippen LogP contribution in [-0.2, 0) is 9.47 Å². The zero-order chi connectivity index (χ0) is 12.1. The highest BCUT2D eigenvalue weighted by molar-refractivity contribution is 5.12. The van der Waals surface area contributed by atoms with Gasteiger partial charge in [0, 0.05) is 11.8 Å². The molecule has 1 saturated heterocycles. The van der Waals surface area contributed by atoms with E-state index in [0.717, 1.165) is 25.6 Å². The first-order valence-electron chi connectivity index (χ1n) is 7.36. The van der Waals surface area contributed by atoms with Crippen molar-refractivity contribution in [2.45, 2.75) is 65.1 Å². The van der Waals surface area contributed by atoms with Crippen molar-refractivity contribution in [3.05, 3.63) is 0 Å². The maximum absolute atomic E-state index is 6.13. The van der Waals surface area contributed by atoms with E-state index in [1.54, 1.807) is 0 Å². The van der Waals surface area contributed by atoms with Crippen molar-refractivity contribution >= 4 is 0 Å². The first-order valence-corrected chi connectivity index (χ1v) is 7.36. The van der Waals surface area contributed by atoms with Crippen LogP contribution >= 0.6 is 0 Å². The van der Waals surface area contributed by atoms with Crippen molar-refractivity contribution in [1.29, 1.82) is 0 Å². The predicted octanol–water partition coefficient (Wildman–Crippen LogP) is 3.75. The van der Waals surface area contributed by atoms with Gasteiger partial charge in [-0.15, -0.1) is 0 Å². The standard InChI is InChI=1S/C15H26O2/c1-4-12-6-9-14(3)13(12,2)7-5-8-15(14)16-10-11-17-15/h12H,4-11H2,1-3H3/t12-,13+,14+/m0/s1.